The Labute approximate surface area is 145 Å². The third-order valence-corrected chi connectivity index (χ3v) is 4.93. The van der Waals surface area contributed by atoms with Crippen LogP contribution in [0.25, 0.3) is 0 Å². The Bertz CT molecular complexity index is 631. The van der Waals surface area contributed by atoms with Crippen molar-refractivity contribution in [2.75, 3.05) is 0 Å². The fourth-order valence-electron chi connectivity index (χ4n) is 3.51. The van der Waals surface area contributed by atoms with Crippen molar-refractivity contribution in [1.82, 2.24) is 15.1 Å². The molecule has 0 saturated heterocycles. The molecular weight excluding hydrogens is 332 g/mol. The summed E-state index contributed by atoms with van der Waals surface area (Å²) in [7, 11) is 0. The van der Waals surface area contributed by atoms with Gasteiger partial charge in [0.15, 0.2) is 0 Å². The maximum absolute atomic E-state index is 12.9. The second-order valence-electron chi connectivity index (χ2n) is 6.66. The van der Waals surface area contributed by atoms with Crippen molar-refractivity contribution in [2.24, 2.45) is 5.92 Å². The molecule has 1 aromatic heterocycles. The molecule has 1 fully saturated rings. The first-order chi connectivity index (χ1) is 11.8. The van der Waals surface area contributed by atoms with Crippen LogP contribution < -0.4 is 5.32 Å². The molecule has 2 unspecified atom stereocenters. The lowest BCUT2D eigenvalue weighted by atomic mass is 9.86. The number of carbonyl (C=O) groups excluding carboxylic acids is 1. The van der Waals surface area contributed by atoms with Crippen LogP contribution in [0.1, 0.15) is 62.0 Å². The quantitative estimate of drug-likeness (QED) is 0.848. The number of rotatable bonds is 5. The summed E-state index contributed by atoms with van der Waals surface area (Å²) in [6.45, 7) is 0.340. The van der Waals surface area contributed by atoms with Crippen LogP contribution in [-0.4, -0.2) is 32.8 Å². The van der Waals surface area contributed by atoms with E-state index in [1.165, 1.54) is 6.92 Å². The number of amides is 1. The second kappa shape index (κ2) is 8.40. The van der Waals surface area contributed by atoms with Crippen molar-refractivity contribution in [3.05, 3.63) is 17.0 Å². The molecular formula is C17H25F2N3O3. The smallest absolute Gasteiger partial charge is 0.333 e. The van der Waals surface area contributed by atoms with E-state index in [1.807, 2.05) is 0 Å². The first-order valence-electron chi connectivity index (χ1n) is 8.66. The van der Waals surface area contributed by atoms with E-state index in [9.17, 15) is 23.5 Å². The standard InChI is InChI=1S/C17H25F2N3O3/c1-10-13(11(2)22(21-10)17(18)19)9-15(23)20-14-8-6-4-3-5-7-12(14)16(24)25/h12,14,17H,3-9H2,1-2H3,(H,20,23)(H,24,25). The molecule has 2 atom stereocenters. The predicted molar refractivity (Wildman–Crippen MR) is 87.4 cm³/mol. The van der Waals surface area contributed by atoms with Crippen LogP contribution >= 0.6 is 0 Å². The summed E-state index contributed by atoms with van der Waals surface area (Å²) in [6, 6.07) is -0.420. The summed E-state index contributed by atoms with van der Waals surface area (Å²) < 4.78 is 26.4. The lowest BCUT2D eigenvalue weighted by molar-refractivity contribution is -0.143. The predicted octanol–water partition coefficient (Wildman–Crippen LogP) is 2.98. The monoisotopic (exact) mass is 357 g/mol. The van der Waals surface area contributed by atoms with E-state index in [-0.39, 0.29) is 18.0 Å². The van der Waals surface area contributed by atoms with Crippen molar-refractivity contribution in [2.45, 2.75) is 71.4 Å². The molecule has 1 aromatic rings. The molecule has 1 amide bonds. The Hall–Kier alpha value is -1.99. The number of nitrogens with one attached hydrogen (secondary N) is 1. The third kappa shape index (κ3) is 4.76. The lowest BCUT2D eigenvalue weighted by Crippen LogP contribution is -2.44. The van der Waals surface area contributed by atoms with Crippen LogP contribution in [0.5, 0.6) is 0 Å². The topological polar surface area (TPSA) is 84.2 Å². The summed E-state index contributed by atoms with van der Waals surface area (Å²) in [6.07, 6.45) is 4.83. The van der Waals surface area contributed by atoms with Gasteiger partial charge in [-0.15, -0.1) is 0 Å². The summed E-state index contributed by atoms with van der Waals surface area (Å²) in [5.74, 6) is -1.85. The SMILES string of the molecule is Cc1nn(C(F)F)c(C)c1CC(=O)NC1CCCCCCC1C(=O)O. The highest BCUT2D eigenvalue weighted by atomic mass is 19.3. The highest BCUT2D eigenvalue weighted by Crippen LogP contribution is 2.24. The first-order valence-corrected chi connectivity index (χ1v) is 8.66. The summed E-state index contributed by atoms with van der Waals surface area (Å²) in [5.41, 5.74) is 1.12. The highest BCUT2D eigenvalue weighted by Gasteiger charge is 2.30. The second-order valence-corrected chi connectivity index (χ2v) is 6.66. The van der Waals surface area contributed by atoms with E-state index >= 15 is 0 Å². The van der Waals surface area contributed by atoms with Gasteiger partial charge in [0.05, 0.1) is 18.0 Å². The van der Waals surface area contributed by atoms with Crippen LogP contribution in [-0.2, 0) is 16.0 Å². The molecule has 1 aliphatic carbocycles. The van der Waals surface area contributed by atoms with Gasteiger partial charge in [-0.3, -0.25) is 9.59 Å². The van der Waals surface area contributed by atoms with E-state index < -0.39 is 24.5 Å². The largest absolute Gasteiger partial charge is 0.481 e. The molecule has 2 rings (SSSR count). The summed E-state index contributed by atoms with van der Waals surface area (Å²) >= 11 is 0. The van der Waals surface area contributed by atoms with Gasteiger partial charge in [0.2, 0.25) is 5.91 Å². The van der Waals surface area contributed by atoms with Crippen molar-refractivity contribution < 1.29 is 23.5 Å². The normalized spacial score (nSPS) is 21.6. The maximum atomic E-state index is 12.9. The average Bonchev–Trinajstić information content (AvgIpc) is 2.78. The van der Waals surface area contributed by atoms with Gasteiger partial charge >= 0.3 is 12.5 Å². The molecule has 0 aliphatic heterocycles. The molecule has 1 heterocycles. The van der Waals surface area contributed by atoms with Gasteiger partial charge in [-0.1, -0.05) is 25.7 Å². The molecule has 0 bridgehead atoms. The molecule has 8 heteroatoms. The number of carboxylic acid groups (broad SMARTS) is 1. The number of carbonyl (C=O) groups is 2. The number of carboxylic acids is 1. The first kappa shape index (κ1) is 19.3. The molecule has 2 N–H and O–H groups in total. The number of aromatic nitrogens is 2. The Kier molecular flexibility index (Phi) is 6.50. The summed E-state index contributed by atoms with van der Waals surface area (Å²) in [5, 5.41) is 16.0. The zero-order valence-electron chi connectivity index (χ0n) is 14.6. The van der Waals surface area contributed by atoms with Gasteiger partial charge in [-0.2, -0.15) is 13.9 Å². The maximum Gasteiger partial charge on any atom is 0.333 e. The fourth-order valence-corrected chi connectivity index (χ4v) is 3.51. The number of alkyl halides is 2. The minimum Gasteiger partial charge on any atom is -0.481 e. The Morgan fingerprint density at radius 2 is 1.88 bits per heavy atom. The molecule has 25 heavy (non-hydrogen) atoms. The van der Waals surface area contributed by atoms with E-state index in [4.69, 9.17) is 0 Å². The van der Waals surface area contributed by atoms with Gasteiger partial charge < -0.3 is 10.4 Å². The van der Waals surface area contributed by atoms with Gasteiger partial charge in [-0.25, -0.2) is 4.68 Å². The molecule has 1 saturated carbocycles. The Morgan fingerprint density at radius 3 is 2.44 bits per heavy atom. The van der Waals surface area contributed by atoms with Gasteiger partial charge in [0, 0.05) is 17.3 Å². The minimum atomic E-state index is -2.75. The average molecular weight is 357 g/mol. The lowest BCUT2D eigenvalue weighted by Gasteiger charge is -2.27. The van der Waals surface area contributed by atoms with Crippen LogP contribution in [0.3, 0.4) is 0 Å². The number of halogens is 2. The van der Waals surface area contributed by atoms with Crippen molar-refractivity contribution in [1.29, 1.82) is 0 Å². The van der Waals surface area contributed by atoms with Crippen molar-refractivity contribution in [3.8, 4) is 0 Å². The third-order valence-electron chi connectivity index (χ3n) is 4.93. The van der Waals surface area contributed by atoms with Crippen LogP contribution in [0.4, 0.5) is 8.78 Å². The molecule has 0 spiro atoms. The van der Waals surface area contributed by atoms with Crippen LogP contribution in [0.2, 0.25) is 0 Å². The van der Waals surface area contributed by atoms with Crippen LogP contribution in [0.15, 0.2) is 0 Å². The molecule has 140 valence electrons. The van der Waals surface area contributed by atoms with Crippen LogP contribution in [0, 0.1) is 19.8 Å². The number of hydrogen-bond acceptors (Lipinski definition) is 3. The Morgan fingerprint density at radius 1 is 1.24 bits per heavy atom. The van der Waals surface area contributed by atoms with Crippen molar-refractivity contribution >= 4 is 11.9 Å². The summed E-state index contributed by atoms with van der Waals surface area (Å²) in [4.78, 5) is 23.9. The van der Waals surface area contributed by atoms with Crippen molar-refractivity contribution in [3.63, 3.8) is 0 Å². The highest BCUT2D eigenvalue weighted by molar-refractivity contribution is 5.80. The molecule has 1 aliphatic rings. The van der Waals surface area contributed by atoms with Gasteiger partial charge in [0.1, 0.15) is 0 Å². The number of aryl methyl sites for hydroxylation is 1. The van der Waals surface area contributed by atoms with E-state index in [0.29, 0.717) is 28.8 Å². The van der Waals surface area contributed by atoms with Gasteiger partial charge in [0.25, 0.3) is 0 Å². The molecule has 0 radical (unpaired) electrons. The minimum absolute atomic E-state index is 0.0762. The molecule has 0 aromatic carbocycles. The van der Waals surface area contributed by atoms with Gasteiger partial charge in [-0.05, 0) is 26.7 Å². The fraction of sp³-hybridized carbons (Fsp3) is 0.706. The van der Waals surface area contributed by atoms with E-state index in [0.717, 1.165) is 25.7 Å². The zero-order chi connectivity index (χ0) is 18.6. The zero-order valence-corrected chi connectivity index (χ0v) is 14.6. The van der Waals surface area contributed by atoms with E-state index in [1.54, 1.807) is 6.92 Å². The number of nitrogens with zero attached hydrogens (tertiary/aromatic N) is 2. The van der Waals surface area contributed by atoms with E-state index in [2.05, 4.69) is 10.4 Å². The Balaban J connectivity index is 2.08. The molecule has 6 nitrogen and oxygen atoms in total. The number of aliphatic carboxylic acids is 1. The number of hydrogen-bond donors (Lipinski definition) is 2.